The van der Waals surface area contributed by atoms with Gasteiger partial charge in [0.15, 0.2) is 0 Å². The molecule has 0 unspecified atom stereocenters. The molecule has 2 fully saturated rings. The van der Waals surface area contributed by atoms with Crippen LogP contribution in [-0.4, -0.2) is 59.7 Å². The Hall–Kier alpha value is -2.67. The number of benzene rings is 1. The van der Waals surface area contributed by atoms with E-state index >= 15 is 0 Å². The third kappa shape index (κ3) is 4.98. The van der Waals surface area contributed by atoms with Gasteiger partial charge in [-0.1, -0.05) is 37.3 Å². The molecule has 6 nitrogen and oxygen atoms in total. The molecule has 0 radical (unpaired) electrons. The first kappa shape index (κ1) is 21.6. The molecule has 2 aromatic rings. The molecule has 1 aromatic carbocycles. The summed E-state index contributed by atoms with van der Waals surface area (Å²) in [7, 11) is 0. The van der Waals surface area contributed by atoms with E-state index in [1.54, 1.807) is 16.2 Å². The third-order valence-corrected chi connectivity index (χ3v) is 7.00. The molecule has 164 valence electrons. The van der Waals surface area contributed by atoms with Crippen LogP contribution in [0.3, 0.4) is 0 Å². The molecule has 7 heteroatoms. The van der Waals surface area contributed by atoms with Crippen molar-refractivity contribution in [2.45, 2.75) is 38.6 Å². The lowest BCUT2D eigenvalue weighted by Gasteiger charge is -2.26. The SMILES string of the molecule is CCCN1CCN(C(=O)[C@H]2CCC(=O)N2)C[C@@H](Cc2ccc(-c3cccs3)cc2)C1=O. The second kappa shape index (κ2) is 9.64. The van der Waals surface area contributed by atoms with Crippen LogP contribution < -0.4 is 5.32 Å². The number of hydrogen-bond donors (Lipinski definition) is 1. The summed E-state index contributed by atoms with van der Waals surface area (Å²) in [6.45, 7) is 4.23. The van der Waals surface area contributed by atoms with Crippen molar-refractivity contribution >= 4 is 29.1 Å². The summed E-state index contributed by atoms with van der Waals surface area (Å²) in [6, 6.07) is 12.1. The van der Waals surface area contributed by atoms with Crippen LogP contribution in [0.5, 0.6) is 0 Å². The van der Waals surface area contributed by atoms with Crippen LogP contribution in [0.25, 0.3) is 10.4 Å². The highest BCUT2D eigenvalue weighted by Gasteiger charge is 2.36. The van der Waals surface area contributed by atoms with Crippen molar-refractivity contribution in [2.75, 3.05) is 26.2 Å². The average molecular weight is 440 g/mol. The lowest BCUT2D eigenvalue weighted by molar-refractivity contribution is -0.136. The van der Waals surface area contributed by atoms with Crippen molar-refractivity contribution in [1.29, 1.82) is 0 Å². The van der Waals surface area contributed by atoms with Gasteiger partial charge in [-0.25, -0.2) is 0 Å². The number of hydrogen-bond acceptors (Lipinski definition) is 4. The van der Waals surface area contributed by atoms with E-state index in [1.807, 2.05) is 11.0 Å². The summed E-state index contributed by atoms with van der Waals surface area (Å²) in [5.41, 5.74) is 2.27. The van der Waals surface area contributed by atoms with Crippen molar-refractivity contribution < 1.29 is 14.4 Å². The van der Waals surface area contributed by atoms with Gasteiger partial charge < -0.3 is 15.1 Å². The van der Waals surface area contributed by atoms with Crippen molar-refractivity contribution in [3.63, 3.8) is 0 Å². The quantitative estimate of drug-likeness (QED) is 0.752. The molecule has 2 atom stereocenters. The van der Waals surface area contributed by atoms with Crippen LogP contribution in [0.15, 0.2) is 41.8 Å². The number of rotatable bonds is 6. The Balaban J connectivity index is 1.50. The van der Waals surface area contributed by atoms with Crippen LogP contribution in [-0.2, 0) is 20.8 Å². The Morgan fingerprint density at radius 1 is 1.16 bits per heavy atom. The van der Waals surface area contributed by atoms with E-state index in [2.05, 4.69) is 48.0 Å². The molecular weight excluding hydrogens is 410 g/mol. The highest BCUT2D eigenvalue weighted by molar-refractivity contribution is 7.13. The van der Waals surface area contributed by atoms with E-state index in [1.165, 1.54) is 10.4 Å². The maximum atomic E-state index is 13.3. The van der Waals surface area contributed by atoms with Crippen molar-refractivity contribution in [3.05, 3.63) is 47.3 Å². The van der Waals surface area contributed by atoms with Crippen LogP contribution in [0.2, 0.25) is 0 Å². The van der Waals surface area contributed by atoms with E-state index < -0.39 is 6.04 Å². The van der Waals surface area contributed by atoms with Crippen molar-refractivity contribution in [2.24, 2.45) is 5.92 Å². The first-order chi connectivity index (χ1) is 15.0. The maximum absolute atomic E-state index is 13.3. The third-order valence-electron chi connectivity index (χ3n) is 6.08. The number of nitrogens with zero attached hydrogens (tertiary/aromatic N) is 2. The fourth-order valence-electron chi connectivity index (χ4n) is 4.44. The zero-order chi connectivity index (χ0) is 21.8. The van der Waals surface area contributed by atoms with Gasteiger partial charge in [0.1, 0.15) is 6.04 Å². The average Bonchev–Trinajstić information content (AvgIpc) is 3.44. The molecule has 1 aromatic heterocycles. The summed E-state index contributed by atoms with van der Waals surface area (Å²) in [5, 5.41) is 4.84. The van der Waals surface area contributed by atoms with E-state index in [4.69, 9.17) is 0 Å². The largest absolute Gasteiger partial charge is 0.344 e. The minimum Gasteiger partial charge on any atom is -0.344 e. The molecule has 1 N–H and O–H groups in total. The van der Waals surface area contributed by atoms with Gasteiger partial charge in [-0.2, -0.15) is 0 Å². The minimum absolute atomic E-state index is 0.0601. The van der Waals surface area contributed by atoms with Crippen LogP contribution in [0.4, 0.5) is 0 Å². The summed E-state index contributed by atoms with van der Waals surface area (Å²) in [4.78, 5) is 42.8. The molecule has 4 rings (SSSR count). The smallest absolute Gasteiger partial charge is 0.245 e. The van der Waals surface area contributed by atoms with Gasteiger partial charge in [0.25, 0.3) is 0 Å². The summed E-state index contributed by atoms with van der Waals surface area (Å²) < 4.78 is 0. The number of amides is 3. The first-order valence-electron chi connectivity index (χ1n) is 11.0. The van der Waals surface area contributed by atoms with Crippen LogP contribution in [0.1, 0.15) is 31.7 Å². The van der Waals surface area contributed by atoms with Gasteiger partial charge in [-0.3, -0.25) is 14.4 Å². The molecule has 0 spiro atoms. The highest BCUT2D eigenvalue weighted by atomic mass is 32.1. The Bertz CT molecular complexity index is 926. The minimum atomic E-state index is -0.453. The monoisotopic (exact) mass is 439 g/mol. The standard InChI is InChI=1S/C24H29N3O3S/c1-2-11-26-12-13-27(24(30)20-9-10-22(28)25-20)16-19(23(26)29)15-17-5-7-18(8-6-17)21-4-3-14-31-21/h3-8,14,19-20H,2,9-13,15-16H2,1H3,(H,25,28)/t19-,20-/m1/s1. The van der Waals surface area contributed by atoms with E-state index in [-0.39, 0.29) is 23.6 Å². The molecule has 2 aliphatic rings. The Labute approximate surface area is 187 Å². The molecule has 3 amide bonds. The fraction of sp³-hybridized carbons (Fsp3) is 0.458. The molecule has 0 saturated carbocycles. The van der Waals surface area contributed by atoms with Gasteiger partial charge in [-0.05, 0) is 41.8 Å². The molecule has 0 aliphatic carbocycles. The second-order valence-electron chi connectivity index (χ2n) is 8.34. The van der Waals surface area contributed by atoms with E-state index in [9.17, 15) is 14.4 Å². The maximum Gasteiger partial charge on any atom is 0.245 e. The Kier molecular flexibility index (Phi) is 6.70. The van der Waals surface area contributed by atoms with Gasteiger partial charge in [-0.15, -0.1) is 11.3 Å². The molecule has 3 heterocycles. The normalized spacial score (nSPS) is 21.8. The van der Waals surface area contributed by atoms with Gasteiger partial charge in [0, 0.05) is 37.5 Å². The fourth-order valence-corrected chi connectivity index (χ4v) is 5.17. The highest BCUT2D eigenvalue weighted by Crippen LogP contribution is 2.26. The van der Waals surface area contributed by atoms with Crippen molar-refractivity contribution in [1.82, 2.24) is 15.1 Å². The zero-order valence-electron chi connectivity index (χ0n) is 17.9. The summed E-state index contributed by atoms with van der Waals surface area (Å²) in [5.74, 6) is -0.285. The molecule has 2 saturated heterocycles. The van der Waals surface area contributed by atoms with Gasteiger partial charge in [0.05, 0.1) is 5.92 Å². The number of carbonyl (C=O) groups is 3. The van der Waals surface area contributed by atoms with Gasteiger partial charge in [0.2, 0.25) is 17.7 Å². The van der Waals surface area contributed by atoms with E-state index in [0.717, 1.165) is 12.0 Å². The zero-order valence-corrected chi connectivity index (χ0v) is 18.7. The summed E-state index contributed by atoms with van der Waals surface area (Å²) >= 11 is 1.71. The second-order valence-corrected chi connectivity index (χ2v) is 9.29. The molecule has 0 bridgehead atoms. The Morgan fingerprint density at radius 3 is 2.61 bits per heavy atom. The number of nitrogens with one attached hydrogen (secondary N) is 1. The predicted molar refractivity (Wildman–Crippen MR) is 122 cm³/mol. The molecule has 31 heavy (non-hydrogen) atoms. The lowest BCUT2D eigenvalue weighted by atomic mass is 9.96. The first-order valence-corrected chi connectivity index (χ1v) is 11.9. The predicted octanol–water partition coefficient (Wildman–Crippen LogP) is 2.93. The van der Waals surface area contributed by atoms with E-state index in [0.29, 0.717) is 45.4 Å². The Morgan fingerprint density at radius 2 is 1.97 bits per heavy atom. The molecular formula is C24H29N3O3S. The lowest BCUT2D eigenvalue weighted by Crippen LogP contribution is -2.46. The van der Waals surface area contributed by atoms with Crippen molar-refractivity contribution in [3.8, 4) is 10.4 Å². The number of thiophene rings is 1. The van der Waals surface area contributed by atoms with Crippen LogP contribution >= 0.6 is 11.3 Å². The van der Waals surface area contributed by atoms with Gasteiger partial charge >= 0.3 is 0 Å². The number of carbonyl (C=O) groups excluding carboxylic acids is 3. The van der Waals surface area contributed by atoms with Crippen LogP contribution in [0, 0.1) is 5.92 Å². The topological polar surface area (TPSA) is 69.7 Å². The summed E-state index contributed by atoms with van der Waals surface area (Å²) in [6.07, 6.45) is 2.42. The molecule has 2 aliphatic heterocycles.